The van der Waals surface area contributed by atoms with Gasteiger partial charge in [0.1, 0.15) is 5.82 Å². The SMILES string of the molecule is COc1ccc(CCNc2ccc(NC(=O)CCN)nc2)cc1OC. The Morgan fingerprint density at radius 3 is 2.60 bits per heavy atom. The number of methoxy groups -OCH3 is 2. The number of pyridine rings is 1. The summed E-state index contributed by atoms with van der Waals surface area (Å²) in [5.41, 5.74) is 7.37. The van der Waals surface area contributed by atoms with Crippen LogP contribution in [0.2, 0.25) is 0 Å². The molecule has 25 heavy (non-hydrogen) atoms. The summed E-state index contributed by atoms with van der Waals surface area (Å²) in [7, 11) is 3.24. The monoisotopic (exact) mass is 344 g/mol. The van der Waals surface area contributed by atoms with Crippen LogP contribution in [0.3, 0.4) is 0 Å². The highest BCUT2D eigenvalue weighted by atomic mass is 16.5. The molecule has 2 rings (SSSR count). The second-order valence-electron chi connectivity index (χ2n) is 5.39. The van der Waals surface area contributed by atoms with Crippen LogP contribution in [-0.2, 0) is 11.2 Å². The zero-order valence-electron chi connectivity index (χ0n) is 14.5. The molecular formula is C18H24N4O3. The quantitative estimate of drug-likeness (QED) is 0.644. The van der Waals surface area contributed by atoms with Gasteiger partial charge in [0.15, 0.2) is 11.5 Å². The number of rotatable bonds is 9. The molecule has 7 nitrogen and oxygen atoms in total. The number of carbonyl (C=O) groups excluding carboxylic acids is 1. The smallest absolute Gasteiger partial charge is 0.226 e. The van der Waals surface area contributed by atoms with Gasteiger partial charge in [0, 0.05) is 19.5 Å². The molecule has 0 saturated carbocycles. The van der Waals surface area contributed by atoms with Crippen LogP contribution in [-0.4, -0.2) is 38.2 Å². The second-order valence-corrected chi connectivity index (χ2v) is 5.39. The lowest BCUT2D eigenvalue weighted by Gasteiger charge is -2.11. The summed E-state index contributed by atoms with van der Waals surface area (Å²) in [5.74, 6) is 1.82. The first-order valence-corrected chi connectivity index (χ1v) is 8.07. The van der Waals surface area contributed by atoms with Gasteiger partial charge in [-0.25, -0.2) is 4.98 Å². The van der Waals surface area contributed by atoms with Crippen molar-refractivity contribution in [2.24, 2.45) is 5.73 Å². The molecule has 7 heteroatoms. The van der Waals surface area contributed by atoms with Gasteiger partial charge < -0.3 is 25.8 Å². The van der Waals surface area contributed by atoms with Gasteiger partial charge in [-0.2, -0.15) is 0 Å². The average molecular weight is 344 g/mol. The van der Waals surface area contributed by atoms with E-state index < -0.39 is 0 Å². The summed E-state index contributed by atoms with van der Waals surface area (Å²) in [6.07, 6.45) is 2.80. The molecule has 0 spiro atoms. The van der Waals surface area contributed by atoms with E-state index >= 15 is 0 Å². The Morgan fingerprint density at radius 1 is 1.16 bits per heavy atom. The normalized spacial score (nSPS) is 10.2. The van der Waals surface area contributed by atoms with Crippen molar-refractivity contribution in [1.82, 2.24) is 4.98 Å². The number of carbonyl (C=O) groups is 1. The molecule has 0 fully saturated rings. The van der Waals surface area contributed by atoms with Crippen LogP contribution in [0.1, 0.15) is 12.0 Å². The minimum absolute atomic E-state index is 0.135. The maximum Gasteiger partial charge on any atom is 0.226 e. The van der Waals surface area contributed by atoms with E-state index in [2.05, 4.69) is 15.6 Å². The minimum atomic E-state index is -0.135. The Labute approximate surface area is 147 Å². The van der Waals surface area contributed by atoms with Gasteiger partial charge in [-0.3, -0.25) is 4.79 Å². The fourth-order valence-corrected chi connectivity index (χ4v) is 2.30. The molecule has 0 atom stereocenters. The average Bonchev–Trinajstić information content (AvgIpc) is 2.63. The molecule has 0 unspecified atom stereocenters. The van der Waals surface area contributed by atoms with Crippen molar-refractivity contribution in [3.8, 4) is 11.5 Å². The lowest BCUT2D eigenvalue weighted by molar-refractivity contribution is -0.116. The van der Waals surface area contributed by atoms with Crippen molar-refractivity contribution in [3.63, 3.8) is 0 Å². The summed E-state index contributed by atoms with van der Waals surface area (Å²) >= 11 is 0. The van der Waals surface area contributed by atoms with E-state index in [0.29, 0.717) is 12.4 Å². The first kappa shape index (κ1) is 18.5. The third-order valence-corrected chi connectivity index (χ3v) is 3.59. The van der Waals surface area contributed by atoms with Crippen LogP contribution in [0.5, 0.6) is 11.5 Å². The zero-order valence-corrected chi connectivity index (χ0v) is 14.5. The van der Waals surface area contributed by atoms with Crippen molar-refractivity contribution in [1.29, 1.82) is 0 Å². The predicted molar refractivity (Wildman–Crippen MR) is 98.3 cm³/mol. The maximum atomic E-state index is 11.5. The number of hydrogen-bond donors (Lipinski definition) is 3. The number of nitrogens with two attached hydrogens (primary N) is 1. The van der Waals surface area contributed by atoms with E-state index in [9.17, 15) is 4.79 Å². The number of anilines is 2. The van der Waals surface area contributed by atoms with Gasteiger partial charge >= 0.3 is 0 Å². The lowest BCUT2D eigenvalue weighted by atomic mass is 10.1. The summed E-state index contributed by atoms with van der Waals surface area (Å²) in [4.78, 5) is 15.7. The maximum absolute atomic E-state index is 11.5. The number of nitrogens with one attached hydrogen (secondary N) is 2. The Kier molecular flexibility index (Phi) is 7.03. The van der Waals surface area contributed by atoms with Crippen LogP contribution >= 0.6 is 0 Å². The van der Waals surface area contributed by atoms with E-state index in [-0.39, 0.29) is 12.3 Å². The highest BCUT2D eigenvalue weighted by Crippen LogP contribution is 2.27. The number of ether oxygens (including phenoxy) is 2. The van der Waals surface area contributed by atoms with E-state index in [4.69, 9.17) is 15.2 Å². The van der Waals surface area contributed by atoms with Gasteiger partial charge in [-0.1, -0.05) is 6.07 Å². The molecule has 0 aliphatic rings. The highest BCUT2D eigenvalue weighted by molar-refractivity contribution is 5.89. The summed E-state index contributed by atoms with van der Waals surface area (Å²) in [6.45, 7) is 1.07. The summed E-state index contributed by atoms with van der Waals surface area (Å²) < 4.78 is 10.5. The topological polar surface area (TPSA) is 98.5 Å². The second kappa shape index (κ2) is 9.48. The molecule has 1 aromatic heterocycles. The molecule has 134 valence electrons. The summed E-state index contributed by atoms with van der Waals surface area (Å²) in [6, 6.07) is 9.51. The number of hydrogen-bond acceptors (Lipinski definition) is 6. The Bertz CT molecular complexity index is 689. The predicted octanol–water partition coefficient (Wildman–Crippen LogP) is 2.04. The van der Waals surface area contributed by atoms with Crippen molar-refractivity contribution in [3.05, 3.63) is 42.1 Å². The zero-order chi connectivity index (χ0) is 18.1. The van der Waals surface area contributed by atoms with Crippen molar-refractivity contribution < 1.29 is 14.3 Å². The van der Waals surface area contributed by atoms with Crippen LogP contribution in [0.15, 0.2) is 36.5 Å². The number of nitrogens with zero attached hydrogens (tertiary/aromatic N) is 1. The van der Waals surface area contributed by atoms with Gasteiger partial charge in [0.05, 0.1) is 26.1 Å². The van der Waals surface area contributed by atoms with Crippen molar-refractivity contribution >= 4 is 17.4 Å². The molecule has 0 saturated heterocycles. The number of amides is 1. The van der Waals surface area contributed by atoms with E-state index in [0.717, 1.165) is 35.7 Å². The number of benzene rings is 1. The van der Waals surface area contributed by atoms with Crippen molar-refractivity contribution in [2.45, 2.75) is 12.8 Å². The highest BCUT2D eigenvalue weighted by Gasteiger charge is 2.05. The van der Waals surface area contributed by atoms with Crippen LogP contribution in [0.4, 0.5) is 11.5 Å². The minimum Gasteiger partial charge on any atom is -0.493 e. The molecule has 0 bridgehead atoms. The fourth-order valence-electron chi connectivity index (χ4n) is 2.30. The molecule has 4 N–H and O–H groups in total. The van der Waals surface area contributed by atoms with E-state index in [1.165, 1.54) is 0 Å². The molecule has 1 amide bonds. The Balaban J connectivity index is 1.84. The van der Waals surface area contributed by atoms with Crippen molar-refractivity contribution in [2.75, 3.05) is 37.9 Å². The summed E-state index contributed by atoms with van der Waals surface area (Å²) in [5, 5.41) is 5.99. The third kappa shape index (κ3) is 5.65. The lowest BCUT2D eigenvalue weighted by Crippen LogP contribution is -2.16. The largest absolute Gasteiger partial charge is 0.493 e. The molecule has 1 heterocycles. The van der Waals surface area contributed by atoms with E-state index in [1.807, 2.05) is 24.3 Å². The first-order valence-electron chi connectivity index (χ1n) is 8.07. The Morgan fingerprint density at radius 2 is 1.96 bits per heavy atom. The Hall–Kier alpha value is -2.80. The first-order chi connectivity index (χ1) is 12.2. The van der Waals surface area contributed by atoms with Crippen LogP contribution in [0, 0.1) is 0 Å². The molecule has 1 aromatic carbocycles. The van der Waals surface area contributed by atoms with Gasteiger partial charge in [0.2, 0.25) is 5.91 Å². The van der Waals surface area contributed by atoms with Gasteiger partial charge in [-0.05, 0) is 36.2 Å². The standard InChI is InChI=1S/C18H24N4O3/c1-24-15-5-3-13(11-16(15)25-2)8-10-20-14-4-6-17(21-12-14)22-18(23)7-9-19/h3-6,11-12,20H,7-10,19H2,1-2H3,(H,21,22,23). The fraction of sp³-hybridized carbons (Fsp3) is 0.333. The third-order valence-electron chi connectivity index (χ3n) is 3.59. The molecule has 0 aliphatic heterocycles. The molecule has 0 radical (unpaired) electrons. The van der Waals surface area contributed by atoms with E-state index in [1.54, 1.807) is 26.5 Å². The van der Waals surface area contributed by atoms with Crippen LogP contribution in [0.25, 0.3) is 0 Å². The van der Waals surface area contributed by atoms with Gasteiger partial charge in [-0.15, -0.1) is 0 Å². The van der Waals surface area contributed by atoms with Crippen LogP contribution < -0.4 is 25.8 Å². The molecule has 2 aromatic rings. The molecular weight excluding hydrogens is 320 g/mol. The van der Waals surface area contributed by atoms with Gasteiger partial charge in [0.25, 0.3) is 0 Å². The molecule has 0 aliphatic carbocycles. The number of aromatic nitrogens is 1.